The SMILES string of the molecule is COC(C)(C)OB(O)OC(C)(C)OC. The summed E-state index contributed by atoms with van der Waals surface area (Å²) in [5.74, 6) is -1.80. The quantitative estimate of drug-likeness (QED) is 0.513. The molecule has 0 amide bonds. The minimum Gasteiger partial charge on any atom is -0.401 e. The van der Waals surface area contributed by atoms with Gasteiger partial charge in [0.25, 0.3) is 0 Å². The maximum absolute atomic E-state index is 9.38. The third-order valence-electron chi connectivity index (χ3n) is 1.75. The molecule has 0 aliphatic carbocycles. The number of rotatable bonds is 6. The second-order valence-corrected chi connectivity index (χ2v) is 3.75. The van der Waals surface area contributed by atoms with E-state index in [2.05, 4.69) is 0 Å². The van der Waals surface area contributed by atoms with Crippen molar-refractivity contribution in [3.63, 3.8) is 0 Å². The van der Waals surface area contributed by atoms with Crippen molar-refractivity contribution < 1.29 is 23.8 Å². The van der Waals surface area contributed by atoms with Crippen molar-refractivity contribution in [1.82, 2.24) is 0 Å². The van der Waals surface area contributed by atoms with Crippen LogP contribution in [0.2, 0.25) is 0 Å². The molecule has 0 aliphatic rings. The predicted octanol–water partition coefficient (Wildman–Crippen LogP) is 0.762. The molecule has 0 aromatic rings. The molecule has 0 aliphatic heterocycles. The normalized spacial score (nSPS) is 13.1. The molecule has 1 N–H and O–H groups in total. The molecule has 0 aromatic carbocycles. The van der Waals surface area contributed by atoms with Crippen LogP contribution in [0.15, 0.2) is 0 Å². The van der Waals surface area contributed by atoms with E-state index in [0.717, 1.165) is 0 Å². The summed E-state index contributed by atoms with van der Waals surface area (Å²) >= 11 is 0. The predicted molar refractivity (Wildman–Crippen MR) is 52.3 cm³/mol. The summed E-state index contributed by atoms with van der Waals surface area (Å²) < 4.78 is 20.0. The highest BCUT2D eigenvalue weighted by Crippen LogP contribution is 2.15. The van der Waals surface area contributed by atoms with Crippen molar-refractivity contribution in [3.8, 4) is 0 Å². The van der Waals surface area contributed by atoms with Crippen molar-refractivity contribution in [2.75, 3.05) is 14.2 Å². The Bertz CT molecular complexity index is 153. The van der Waals surface area contributed by atoms with Gasteiger partial charge in [-0.05, 0) is 27.7 Å². The van der Waals surface area contributed by atoms with Crippen LogP contribution in [0.3, 0.4) is 0 Å². The van der Waals surface area contributed by atoms with E-state index in [-0.39, 0.29) is 0 Å². The number of hydrogen-bond donors (Lipinski definition) is 1. The molecule has 0 saturated heterocycles. The lowest BCUT2D eigenvalue weighted by atomic mass is 10.2. The number of ether oxygens (including phenoxy) is 2. The lowest BCUT2D eigenvalue weighted by Gasteiger charge is -2.29. The molecule has 0 radical (unpaired) electrons. The number of methoxy groups -OCH3 is 2. The topological polar surface area (TPSA) is 57.2 Å². The Morgan fingerprint density at radius 2 is 1.14 bits per heavy atom. The molecule has 5 nitrogen and oxygen atoms in total. The van der Waals surface area contributed by atoms with Gasteiger partial charge in [0, 0.05) is 14.2 Å². The van der Waals surface area contributed by atoms with Crippen LogP contribution < -0.4 is 0 Å². The minimum absolute atomic E-state index is 0.900. The highest BCUT2D eigenvalue weighted by Gasteiger charge is 2.33. The first-order valence-corrected chi connectivity index (χ1v) is 4.36. The van der Waals surface area contributed by atoms with Gasteiger partial charge >= 0.3 is 7.32 Å². The molecule has 0 aromatic heterocycles. The molecule has 0 bridgehead atoms. The van der Waals surface area contributed by atoms with Gasteiger partial charge in [-0.1, -0.05) is 0 Å². The molecule has 84 valence electrons. The van der Waals surface area contributed by atoms with E-state index in [1.165, 1.54) is 14.2 Å². The first-order valence-electron chi connectivity index (χ1n) is 4.36. The van der Waals surface area contributed by atoms with E-state index < -0.39 is 18.9 Å². The summed E-state index contributed by atoms with van der Waals surface area (Å²) in [5, 5.41) is 9.38. The van der Waals surface area contributed by atoms with E-state index in [1.54, 1.807) is 27.7 Å². The van der Waals surface area contributed by atoms with Gasteiger partial charge in [0.1, 0.15) is 0 Å². The van der Waals surface area contributed by atoms with E-state index in [4.69, 9.17) is 18.8 Å². The first-order chi connectivity index (χ1) is 6.22. The maximum atomic E-state index is 9.38. The Labute approximate surface area is 85.5 Å². The van der Waals surface area contributed by atoms with Crippen LogP contribution in [0.5, 0.6) is 0 Å². The average molecular weight is 206 g/mol. The van der Waals surface area contributed by atoms with Gasteiger partial charge in [-0.3, -0.25) is 0 Å². The Hall–Kier alpha value is -0.135. The highest BCUT2D eigenvalue weighted by molar-refractivity contribution is 6.34. The zero-order valence-electron chi connectivity index (χ0n) is 9.66. The minimum atomic E-state index is -1.39. The number of hydrogen-bond acceptors (Lipinski definition) is 5. The maximum Gasteiger partial charge on any atom is 0.640 e. The molecule has 0 heterocycles. The fourth-order valence-corrected chi connectivity index (χ4v) is 0.606. The van der Waals surface area contributed by atoms with Gasteiger partial charge in [0.2, 0.25) is 0 Å². The lowest BCUT2D eigenvalue weighted by Crippen LogP contribution is -2.42. The zero-order valence-corrected chi connectivity index (χ0v) is 9.66. The van der Waals surface area contributed by atoms with Crippen LogP contribution in [-0.4, -0.2) is 38.1 Å². The molecule has 0 spiro atoms. The summed E-state index contributed by atoms with van der Waals surface area (Å²) in [4.78, 5) is 0. The van der Waals surface area contributed by atoms with Crippen LogP contribution >= 0.6 is 0 Å². The monoisotopic (exact) mass is 206 g/mol. The largest absolute Gasteiger partial charge is 0.640 e. The Morgan fingerprint density at radius 3 is 1.36 bits per heavy atom. The van der Waals surface area contributed by atoms with Gasteiger partial charge in [-0.25, -0.2) is 0 Å². The van der Waals surface area contributed by atoms with E-state index >= 15 is 0 Å². The third-order valence-corrected chi connectivity index (χ3v) is 1.75. The summed E-state index contributed by atoms with van der Waals surface area (Å²) in [6, 6.07) is 0. The molecule has 14 heavy (non-hydrogen) atoms. The Morgan fingerprint density at radius 1 is 0.857 bits per heavy atom. The molecule has 0 atom stereocenters. The van der Waals surface area contributed by atoms with Crippen LogP contribution in [-0.2, 0) is 18.8 Å². The van der Waals surface area contributed by atoms with Crippen molar-refractivity contribution in [2.24, 2.45) is 0 Å². The van der Waals surface area contributed by atoms with Gasteiger partial charge in [0.15, 0.2) is 11.6 Å². The highest BCUT2D eigenvalue weighted by atomic mass is 16.8. The summed E-state index contributed by atoms with van der Waals surface area (Å²) in [5.41, 5.74) is 0. The average Bonchev–Trinajstić information content (AvgIpc) is 2.02. The second kappa shape index (κ2) is 5.09. The van der Waals surface area contributed by atoms with Gasteiger partial charge < -0.3 is 23.8 Å². The Balaban J connectivity index is 4.04. The van der Waals surface area contributed by atoms with Gasteiger partial charge in [0.05, 0.1) is 0 Å². The molecule has 0 fully saturated rings. The molecule has 0 rings (SSSR count). The van der Waals surface area contributed by atoms with E-state index in [1.807, 2.05) is 0 Å². The van der Waals surface area contributed by atoms with Crippen molar-refractivity contribution in [2.45, 2.75) is 39.3 Å². The first kappa shape index (κ1) is 13.9. The smallest absolute Gasteiger partial charge is 0.401 e. The van der Waals surface area contributed by atoms with Crippen LogP contribution in [0, 0.1) is 0 Å². The molecule has 0 unspecified atom stereocenters. The van der Waals surface area contributed by atoms with Crippen molar-refractivity contribution in [3.05, 3.63) is 0 Å². The third kappa shape index (κ3) is 5.56. The molecule has 6 heteroatoms. The summed E-state index contributed by atoms with van der Waals surface area (Å²) in [6.07, 6.45) is 0. The summed E-state index contributed by atoms with van der Waals surface area (Å²) in [6.45, 7) is 6.66. The van der Waals surface area contributed by atoms with E-state index in [0.29, 0.717) is 0 Å². The molecular weight excluding hydrogens is 187 g/mol. The Kier molecular flexibility index (Phi) is 5.04. The standard InChI is InChI=1S/C8H19BO5/c1-7(2,11-5)13-9(10)14-8(3,4)12-6/h10H,1-6H3. The zero-order chi connectivity index (χ0) is 11.4. The fraction of sp³-hybridized carbons (Fsp3) is 1.00. The van der Waals surface area contributed by atoms with E-state index in [9.17, 15) is 5.02 Å². The van der Waals surface area contributed by atoms with Gasteiger partial charge in [-0.2, -0.15) is 0 Å². The van der Waals surface area contributed by atoms with Crippen LogP contribution in [0.4, 0.5) is 0 Å². The summed E-state index contributed by atoms with van der Waals surface area (Å²) in [7, 11) is 1.57. The van der Waals surface area contributed by atoms with Gasteiger partial charge in [-0.15, -0.1) is 0 Å². The fourth-order valence-electron chi connectivity index (χ4n) is 0.606. The molecule has 0 saturated carbocycles. The lowest BCUT2D eigenvalue weighted by molar-refractivity contribution is -0.197. The molecular formula is C8H19BO5. The van der Waals surface area contributed by atoms with Crippen molar-refractivity contribution >= 4 is 7.32 Å². The second-order valence-electron chi connectivity index (χ2n) is 3.75. The van der Waals surface area contributed by atoms with Crippen LogP contribution in [0.1, 0.15) is 27.7 Å². The van der Waals surface area contributed by atoms with Crippen LogP contribution in [0.25, 0.3) is 0 Å². The van der Waals surface area contributed by atoms with Crippen molar-refractivity contribution in [1.29, 1.82) is 0 Å².